The molecule has 1 aromatic heterocycles. The molecule has 0 N–H and O–H groups in total. The van der Waals surface area contributed by atoms with Crippen LogP contribution in [0.25, 0.3) is 0 Å². The summed E-state index contributed by atoms with van der Waals surface area (Å²) in [5.41, 5.74) is 2.68. The second-order valence-electron chi connectivity index (χ2n) is 6.27. The minimum atomic E-state index is 0.234. The van der Waals surface area contributed by atoms with Crippen molar-refractivity contribution in [1.82, 2.24) is 15.1 Å². The number of fused-ring (bicyclic) bond motifs is 1. The Kier molecular flexibility index (Phi) is 3.43. The highest BCUT2D eigenvalue weighted by Gasteiger charge is 2.36. The molecule has 4 nitrogen and oxygen atoms in total. The summed E-state index contributed by atoms with van der Waals surface area (Å²) in [6.07, 6.45) is 1.30. The van der Waals surface area contributed by atoms with Crippen molar-refractivity contribution >= 4 is 11.8 Å². The zero-order chi connectivity index (χ0) is 13.5. The van der Waals surface area contributed by atoms with E-state index in [1.807, 2.05) is 11.8 Å². The number of thioether (sulfide) groups is 1. The first-order valence-corrected chi connectivity index (χ1v) is 8.03. The standard InChI is InChI=1S/C14H21N3OS/c1-14(2,3)17-7-11(8-17)18-13-6-10-9-19-5-4-12(10)15-16-13/h6,11H,4-5,7-9H2,1-3H3. The molecule has 0 spiro atoms. The van der Waals surface area contributed by atoms with E-state index in [9.17, 15) is 0 Å². The number of likely N-dealkylation sites (tertiary alicyclic amines) is 1. The van der Waals surface area contributed by atoms with Gasteiger partial charge in [-0.25, -0.2) is 0 Å². The van der Waals surface area contributed by atoms with Crippen LogP contribution in [0.1, 0.15) is 32.0 Å². The zero-order valence-corrected chi connectivity index (χ0v) is 12.7. The first-order valence-electron chi connectivity index (χ1n) is 6.87. The van der Waals surface area contributed by atoms with Gasteiger partial charge in [0.05, 0.1) is 5.69 Å². The van der Waals surface area contributed by atoms with E-state index in [0.717, 1.165) is 36.7 Å². The van der Waals surface area contributed by atoms with Gasteiger partial charge in [-0.05, 0) is 32.1 Å². The van der Waals surface area contributed by atoms with E-state index >= 15 is 0 Å². The average Bonchev–Trinajstić information content (AvgIpc) is 2.31. The van der Waals surface area contributed by atoms with Crippen molar-refractivity contribution in [2.75, 3.05) is 18.8 Å². The average molecular weight is 279 g/mol. The summed E-state index contributed by atoms with van der Waals surface area (Å²) in [4.78, 5) is 2.42. The van der Waals surface area contributed by atoms with Crippen LogP contribution in [-0.2, 0) is 12.2 Å². The molecule has 0 aromatic carbocycles. The summed E-state index contributed by atoms with van der Waals surface area (Å²) >= 11 is 1.96. The van der Waals surface area contributed by atoms with E-state index in [0.29, 0.717) is 5.88 Å². The molecule has 1 aromatic rings. The predicted molar refractivity (Wildman–Crippen MR) is 77.6 cm³/mol. The fourth-order valence-electron chi connectivity index (χ4n) is 2.41. The number of aromatic nitrogens is 2. The van der Waals surface area contributed by atoms with Gasteiger partial charge in [0.25, 0.3) is 0 Å². The molecule has 19 heavy (non-hydrogen) atoms. The molecular weight excluding hydrogens is 258 g/mol. The van der Waals surface area contributed by atoms with Crippen LogP contribution in [0.2, 0.25) is 0 Å². The van der Waals surface area contributed by atoms with Crippen LogP contribution < -0.4 is 4.74 Å². The largest absolute Gasteiger partial charge is 0.471 e. The van der Waals surface area contributed by atoms with Gasteiger partial charge in [0, 0.05) is 36.9 Å². The Balaban J connectivity index is 1.60. The van der Waals surface area contributed by atoms with E-state index < -0.39 is 0 Å². The van der Waals surface area contributed by atoms with Crippen LogP contribution in [0, 0.1) is 0 Å². The molecule has 0 unspecified atom stereocenters. The lowest BCUT2D eigenvalue weighted by atomic mass is 9.99. The van der Waals surface area contributed by atoms with E-state index in [-0.39, 0.29) is 11.6 Å². The van der Waals surface area contributed by atoms with Gasteiger partial charge in [-0.1, -0.05) is 0 Å². The summed E-state index contributed by atoms with van der Waals surface area (Å²) in [6, 6.07) is 2.08. The molecule has 0 amide bonds. The molecular formula is C14H21N3OS. The molecule has 0 bridgehead atoms. The van der Waals surface area contributed by atoms with Crippen molar-refractivity contribution in [3.8, 4) is 5.88 Å². The maximum Gasteiger partial charge on any atom is 0.234 e. The molecule has 1 fully saturated rings. The Morgan fingerprint density at radius 3 is 2.84 bits per heavy atom. The molecule has 104 valence electrons. The van der Waals surface area contributed by atoms with Crippen molar-refractivity contribution < 1.29 is 4.74 Å². The SMILES string of the molecule is CC(C)(C)N1CC(Oc2cc3c(nn2)CCSC3)C1. The minimum absolute atomic E-state index is 0.234. The maximum absolute atomic E-state index is 5.92. The quantitative estimate of drug-likeness (QED) is 0.829. The summed E-state index contributed by atoms with van der Waals surface area (Å²) in [7, 11) is 0. The first kappa shape index (κ1) is 13.2. The van der Waals surface area contributed by atoms with Crippen LogP contribution in [0.5, 0.6) is 5.88 Å². The Bertz CT molecular complexity index is 466. The molecule has 0 saturated carbocycles. The fraction of sp³-hybridized carbons (Fsp3) is 0.714. The van der Waals surface area contributed by atoms with Crippen LogP contribution >= 0.6 is 11.8 Å². The van der Waals surface area contributed by atoms with Crippen molar-refractivity contribution in [2.24, 2.45) is 0 Å². The Morgan fingerprint density at radius 1 is 1.32 bits per heavy atom. The van der Waals surface area contributed by atoms with Gasteiger partial charge in [0.15, 0.2) is 0 Å². The Hall–Kier alpha value is -0.810. The van der Waals surface area contributed by atoms with Crippen molar-refractivity contribution in [2.45, 2.75) is 44.6 Å². The zero-order valence-electron chi connectivity index (χ0n) is 11.8. The molecule has 0 radical (unpaired) electrons. The van der Waals surface area contributed by atoms with E-state index in [1.54, 1.807) is 0 Å². The van der Waals surface area contributed by atoms with Crippen LogP contribution in [0.4, 0.5) is 0 Å². The van der Waals surface area contributed by atoms with Gasteiger partial charge in [-0.3, -0.25) is 4.90 Å². The highest BCUT2D eigenvalue weighted by Crippen LogP contribution is 2.27. The second-order valence-corrected chi connectivity index (χ2v) is 7.38. The summed E-state index contributed by atoms with van der Waals surface area (Å²) in [6.45, 7) is 8.67. The van der Waals surface area contributed by atoms with Gasteiger partial charge < -0.3 is 4.74 Å². The van der Waals surface area contributed by atoms with E-state index in [4.69, 9.17) is 4.74 Å². The Labute approximate surface area is 118 Å². The first-order chi connectivity index (χ1) is 9.02. The van der Waals surface area contributed by atoms with E-state index in [2.05, 4.69) is 41.9 Å². The minimum Gasteiger partial charge on any atom is -0.471 e. The summed E-state index contributed by atoms with van der Waals surface area (Å²) in [5, 5.41) is 8.50. The third-order valence-corrected chi connectivity index (χ3v) is 4.77. The lowest BCUT2D eigenvalue weighted by Gasteiger charge is -2.46. The maximum atomic E-state index is 5.92. The van der Waals surface area contributed by atoms with E-state index in [1.165, 1.54) is 5.56 Å². The van der Waals surface area contributed by atoms with Gasteiger partial charge in [-0.2, -0.15) is 16.9 Å². The van der Waals surface area contributed by atoms with Crippen LogP contribution in [0.15, 0.2) is 6.07 Å². The number of ether oxygens (including phenoxy) is 1. The third-order valence-electron chi connectivity index (χ3n) is 3.76. The topological polar surface area (TPSA) is 38.2 Å². The fourth-order valence-corrected chi connectivity index (χ4v) is 3.36. The molecule has 2 aliphatic heterocycles. The molecule has 1 saturated heterocycles. The number of rotatable bonds is 2. The van der Waals surface area contributed by atoms with Crippen molar-refractivity contribution in [1.29, 1.82) is 0 Å². The molecule has 3 heterocycles. The number of aryl methyl sites for hydroxylation is 1. The number of nitrogens with zero attached hydrogens (tertiary/aromatic N) is 3. The lowest BCUT2D eigenvalue weighted by Crippen LogP contribution is -2.60. The molecule has 5 heteroatoms. The highest BCUT2D eigenvalue weighted by atomic mass is 32.2. The molecule has 3 rings (SSSR count). The Morgan fingerprint density at radius 2 is 2.11 bits per heavy atom. The smallest absolute Gasteiger partial charge is 0.234 e. The van der Waals surface area contributed by atoms with Crippen molar-refractivity contribution in [3.05, 3.63) is 17.3 Å². The van der Waals surface area contributed by atoms with Crippen molar-refractivity contribution in [3.63, 3.8) is 0 Å². The number of hydrogen-bond acceptors (Lipinski definition) is 5. The summed E-state index contributed by atoms with van der Waals surface area (Å²) < 4.78 is 5.92. The van der Waals surface area contributed by atoms with Crippen LogP contribution in [-0.4, -0.2) is 45.6 Å². The van der Waals surface area contributed by atoms with Crippen LogP contribution in [0.3, 0.4) is 0 Å². The number of hydrogen-bond donors (Lipinski definition) is 0. The summed E-state index contributed by atoms with van der Waals surface area (Å²) in [5.74, 6) is 2.89. The molecule has 0 aliphatic carbocycles. The molecule has 2 aliphatic rings. The van der Waals surface area contributed by atoms with Gasteiger partial charge in [0.1, 0.15) is 6.10 Å². The normalized spacial score (nSPS) is 20.8. The lowest BCUT2D eigenvalue weighted by molar-refractivity contribution is -0.0372. The second kappa shape index (κ2) is 4.94. The monoisotopic (exact) mass is 279 g/mol. The van der Waals surface area contributed by atoms with Gasteiger partial charge >= 0.3 is 0 Å². The van der Waals surface area contributed by atoms with Gasteiger partial charge in [0.2, 0.25) is 5.88 Å². The highest BCUT2D eigenvalue weighted by molar-refractivity contribution is 7.98. The predicted octanol–water partition coefficient (Wildman–Crippen LogP) is 2.13. The van der Waals surface area contributed by atoms with Gasteiger partial charge in [-0.15, -0.1) is 5.10 Å². The third kappa shape index (κ3) is 2.87. The molecule has 0 atom stereocenters.